The van der Waals surface area contributed by atoms with Gasteiger partial charge in [0.15, 0.2) is 10.8 Å². The number of carbonyl (C=O) groups is 2. The van der Waals surface area contributed by atoms with Crippen molar-refractivity contribution in [3.8, 4) is 40.1 Å². The van der Waals surface area contributed by atoms with Gasteiger partial charge in [-0.15, -0.1) is 0 Å². The summed E-state index contributed by atoms with van der Waals surface area (Å²) >= 11 is 0. The summed E-state index contributed by atoms with van der Waals surface area (Å²) in [6.07, 6.45) is 13.7. The Morgan fingerprint density at radius 1 is 0.684 bits per heavy atom. The van der Waals surface area contributed by atoms with Gasteiger partial charge in [0, 0.05) is 5.92 Å². The third-order valence-electron chi connectivity index (χ3n) is 12.3. The van der Waals surface area contributed by atoms with Crippen LogP contribution in [0.15, 0.2) is 97.1 Å². The van der Waals surface area contributed by atoms with E-state index < -0.39 is 22.8 Å². The van der Waals surface area contributed by atoms with Gasteiger partial charge in [-0.05, 0) is 114 Å². The predicted octanol–water partition coefficient (Wildman–Crippen LogP) is 12.9. The van der Waals surface area contributed by atoms with Gasteiger partial charge in [-0.2, -0.15) is 10.5 Å². The molecule has 298 valence electrons. The number of nitrogens with zero attached hydrogens (tertiary/aromatic N) is 2. The number of rotatable bonds is 13. The molecule has 0 saturated heterocycles. The van der Waals surface area contributed by atoms with E-state index >= 15 is 0 Å². The zero-order valence-corrected chi connectivity index (χ0v) is 34.4. The second-order valence-electron chi connectivity index (χ2n) is 16.6. The van der Waals surface area contributed by atoms with Crippen LogP contribution in [0.25, 0.3) is 22.3 Å². The van der Waals surface area contributed by atoms with Crippen LogP contribution in [0.5, 0.6) is 5.75 Å². The van der Waals surface area contributed by atoms with Crippen LogP contribution in [0.3, 0.4) is 0 Å². The molecule has 6 heteroatoms. The van der Waals surface area contributed by atoms with Crippen molar-refractivity contribution in [2.24, 2.45) is 22.7 Å². The van der Waals surface area contributed by atoms with Crippen LogP contribution in [-0.2, 0) is 22.4 Å². The summed E-state index contributed by atoms with van der Waals surface area (Å²) in [7, 11) is 0. The molecule has 2 aliphatic carbocycles. The number of carboxylic acid groups (broad SMARTS) is 1. The van der Waals surface area contributed by atoms with Crippen molar-refractivity contribution in [2.75, 3.05) is 0 Å². The molecule has 0 aromatic heterocycles. The Labute approximate surface area is 340 Å². The van der Waals surface area contributed by atoms with Crippen molar-refractivity contribution in [1.82, 2.24) is 0 Å². The number of ether oxygens (including phenoxy) is 1. The molecule has 6 nitrogen and oxygen atoms in total. The summed E-state index contributed by atoms with van der Waals surface area (Å²) in [5.74, 6) is -0.611. The fourth-order valence-corrected chi connectivity index (χ4v) is 8.91. The molecule has 0 spiro atoms. The van der Waals surface area contributed by atoms with Crippen LogP contribution < -0.4 is 4.74 Å². The van der Waals surface area contributed by atoms with Crippen molar-refractivity contribution >= 4 is 11.9 Å². The summed E-state index contributed by atoms with van der Waals surface area (Å²) in [6.45, 7) is 8.60. The zero-order valence-electron chi connectivity index (χ0n) is 34.4. The maximum absolute atomic E-state index is 12.7. The first-order chi connectivity index (χ1) is 27.6. The van der Waals surface area contributed by atoms with Gasteiger partial charge in [0.05, 0.1) is 12.1 Å². The average molecular weight is 765 g/mol. The van der Waals surface area contributed by atoms with Gasteiger partial charge in [0.25, 0.3) is 0 Å². The van der Waals surface area contributed by atoms with E-state index in [4.69, 9.17) is 4.74 Å². The highest BCUT2D eigenvalue weighted by Crippen LogP contribution is 2.50. The molecule has 6 rings (SSSR count). The number of benzene rings is 4. The Hall–Kier alpha value is -5.20. The van der Waals surface area contributed by atoms with Gasteiger partial charge in [0.2, 0.25) is 0 Å². The number of hydrogen-bond donors (Lipinski definition) is 1. The molecule has 0 amide bonds. The molecule has 0 heterocycles. The summed E-state index contributed by atoms with van der Waals surface area (Å²) in [6, 6.07) is 37.5. The highest BCUT2D eigenvalue weighted by molar-refractivity contribution is 5.82. The first kappa shape index (κ1) is 42.9. The molecule has 2 aliphatic rings. The number of hydrogen-bond acceptors (Lipinski definition) is 5. The summed E-state index contributed by atoms with van der Waals surface area (Å²) in [4.78, 5) is 24.7. The van der Waals surface area contributed by atoms with Crippen LogP contribution in [0, 0.1) is 45.3 Å². The predicted molar refractivity (Wildman–Crippen MR) is 228 cm³/mol. The van der Waals surface area contributed by atoms with Gasteiger partial charge in [-0.25, -0.2) is 4.79 Å². The standard InChI is InChI=1S/C26H31NO2.C25H29NO2/c1-3-4-5-8-20-9-11-21(12-10-20)22-13-15-23(16-14-22)24-19(2)7-6-17-26(24,18-27)25(28)29;1-3-4-7-20-8-10-21(11-9-20)22-12-14-23(15-13-22)28-24(27)25(18-26)16-5-6-19(2)17-25/h9-16,19,24H,3-8,17H2,1-2H3,(H,28,29);8-15,19H,3-7,16-17H2,1-2H3. The van der Waals surface area contributed by atoms with Gasteiger partial charge in [-0.1, -0.05) is 151 Å². The fraction of sp³-hybridized carbons (Fsp3) is 0.451. The smallest absolute Gasteiger partial charge is 0.331 e. The van der Waals surface area contributed by atoms with Gasteiger partial charge in [0.1, 0.15) is 5.75 Å². The maximum Gasteiger partial charge on any atom is 0.331 e. The molecule has 0 aliphatic heterocycles. The van der Waals surface area contributed by atoms with E-state index in [9.17, 15) is 25.2 Å². The minimum Gasteiger partial charge on any atom is -0.480 e. The van der Waals surface area contributed by atoms with Crippen molar-refractivity contribution in [3.63, 3.8) is 0 Å². The normalized spacial score (nSPS) is 22.9. The average Bonchev–Trinajstić information content (AvgIpc) is 3.24. The summed E-state index contributed by atoms with van der Waals surface area (Å²) in [5.41, 5.74) is 5.89. The minimum absolute atomic E-state index is 0.174. The quantitative estimate of drug-likeness (QED) is 0.0824. The molecule has 0 radical (unpaired) electrons. The number of aryl methyl sites for hydroxylation is 2. The number of unbranched alkanes of at least 4 members (excludes halogenated alkanes) is 3. The number of carboxylic acids is 1. The van der Waals surface area contributed by atoms with Gasteiger partial charge >= 0.3 is 11.9 Å². The van der Waals surface area contributed by atoms with Crippen molar-refractivity contribution in [2.45, 2.75) is 124 Å². The molecule has 0 bridgehead atoms. The molecule has 4 aromatic rings. The lowest BCUT2D eigenvalue weighted by atomic mass is 9.60. The second-order valence-corrected chi connectivity index (χ2v) is 16.6. The number of carbonyl (C=O) groups excluding carboxylic acids is 1. The Morgan fingerprint density at radius 2 is 1.19 bits per heavy atom. The number of nitriles is 2. The topological polar surface area (TPSA) is 111 Å². The molecule has 1 N–H and O–H groups in total. The minimum atomic E-state index is -1.32. The zero-order chi connectivity index (χ0) is 40.8. The molecule has 57 heavy (non-hydrogen) atoms. The van der Waals surface area contributed by atoms with E-state index in [1.54, 1.807) is 0 Å². The second kappa shape index (κ2) is 20.3. The van der Waals surface area contributed by atoms with E-state index in [0.717, 1.165) is 66.3 Å². The lowest BCUT2D eigenvalue weighted by Gasteiger charge is -2.40. The molecule has 2 fully saturated rings. The lowest BCUT2D eigenvalue weighted by Crippen LogP contribution is -2.42. The van der Waals surface area contributed by atoms with E-state index in [2.05, 4.69) is 100 Å². The third-order valence-corrected chi connectivity index (χ3v) is 12.3. The van der Waals surface area contributed by atoms with Gasteiger partial charge in [-0.3, -0.25) is 4.79 Å². The van der Waals surface area contributed by atoms with Crippen molar-refractivity contribution in [3.05, 3.63) is 114 Å². The molecule has 5 atom stereocenters. The summed E-state index contributed by atoms with van der Waals surface area (Å²) in [5, 5.41) is 29.2. The number of aliphatic carboxylic acids is 1. The number of esters is 1. The Bertz CT molecular complexity index is 1990. The maximum atomic E-state index is 12.7. The van der Waals surface area contributed by atoms with Crippen LogP contribution in [0.4, 0.5) is 0 Å². The Morgan fingerprint density at radius 3 is 1.68 bits per heavy atom. The van der Waals surface area contributed by atoms with E-state index in [1.165, 1.54) is 43.2 Å². The largest absolute Gasteiger partial charge is 0.480 e. The van der Waals surface area contributed by atoms with Crippen molar-refractivity contribution < 1.29 is 19.4 Å². The summed E-state index contributed by atoms with van der Waals surface area (Å²) < 4.78 is 5.59. The highest BCUT2D eigenvalue weighted by Gasteiger charge is 2.51. The Kier molecular flexibility index (Phi) is 15.3. The van der Waals surface area contributed by atoms with Crippen molar-refractivity contribution in [1.29, 1.82) is 10.5 Å². The van der Waals surface area contributed by atoms with E-state index in [1.807, 2.05) is 36.4 Å². The molecular weight excluding hydrogens is 705 g/mol. The highest BCUT2D eigenvalue weighted by atomic mass is 16.5. The first-order valence-electron chi connectivity index (χ1n) is 21.2. The van der Waals surface area contributed by atoms with Crippen LogP contribution in [0.2, 0.25) is 0 Å². The monoisotopic (exact) mass is 764 g/mol. The third kappa shape index (κ3) is 10.6. The van der Waals surface area contributed by atoms with E-state index in [0.29, 0.717) is 30.9 Å². The molecule has 4 aromatic carbocycles. The fourth-order valence-electron chi connectivity index (χ4n) is 8.91. The SMILES string of the molecule is CCCCCc1ccc(-c2ccc(C3C(C)CCCC3(C#N)C(=O)O)cc2)cc1.CCCCc1ccc(-c2ccc(OC(=O)C3(C#N)CCCC(C)C3)cc2)cc1. The first-order valence-corrected chi connectivity index (χ1v) is 21.2. The van der Waals surface area contributed by atoms with Crippen LogP contribution in [0.1, 0.15) is 127 Å². The molecular formula is C51H60N2O4. The molecule has 2 saturated carbocycles. The van der Waals surface area contributed by atoms with E-state index in [-0.39, 0.29) is 11.8 Å². The van der Waals surface area contributed by atoms with Gasteiger partial charge < -0.3 is 9.84 Å². The molecule has 5 unspecified atom stereocenters. The lowest BCUT2D eigenvalue weighted by molar-refractivity contribution is -0.149. The Balaban J connectivity index is 0.000000218. The van der Waals surface area contributed by atoms with Crippen LogP contribution in [-0.4, -0.2) is 17.0 Å². The van der Waals surface area contributed by atoms with Crippen LogP contribution >= 0.6 is 0 Å².